The van der Waals surface area contributed by atoms with E-state index >= 15 is 0 Å². The fourth-order valence-electron chi connectivity index (χ4n) is 4.10. The summed E-state index contributed by atoms with van der Waals surface area (Å²) in [5.74, 6) is 0.247. The van der Waals surface area contributed by atoms with Gasteiger partial charge in [0.15, 0.2) is 0 Å². The van der Waals surface area contributed by atoms with E-state index in [1.807, 2.05) is 19.1 Å². The van der Waals surface area contributed by atoms with Crippen LogP contribution in [0.25, 0.3) is 0 Å². The van der Waals surface area contributed by atoms with Crippen LogP contribution in [0.3, 0.4) is 0 Å². The molecule has 1 fully saturated rings. The monoisotopic (exact) mass is 493 g/mol. The van der Waals surface area contributed by atoms with Gasteiger partial charge in [-0.15, -0.1) is 0 Å². The fraction of sp³-hybridized carbons (Fsp3) is 0.296. The summed E-state index contributed by atoms with van der Waals surface area (Å²) >= 11 is 0. The van der Waals surface area contributed by atoms with Crippen LogP contribution in [0.15, 0.2) is 83.8 Å². The Morgan fingerprint density at radius 1 is 0.943 bits per heavy atom. The normalized spacial score (nSPS) is 13.5. The van der Waals surface area contributed by atoms with E-state index < -0.39 is 10.0 Å². The second-order valence-electron chi connectivity index (χ2n) is 8.39. The van der Waals surface area contributed by atoms with Gasteiger partial charge in [-0.05, 0) is 73.9 Å². The molecular weight excluding hydrogens is 462 g/mol. The van der Waals surface area contributed by atoms with Crippen LogP contribution in [-0.4, -0.2) is 40.6 Å². The maximum atomic E-state index is 13.4. The Kier molecular flexibility index (Phi) is 7.92. The lowest BCUT2D eigenvalue weighted by Crippen LogP contribution is -2.40. The highest BCUT2D eigenvalue weighted by molar-refractivity contribution is 7.92. The molecule has 0 saturated carbocycles. The van der Waals surface area contributed by atoms with Crippen LogP contribution in [0, 0.1) is 0 Å². The van der Waals surface area contributed by atoms with Gasteiger partial charge in [0, 0.05) is 25.3 Å². The molecule has 7 nitrogen and oxygen atoms in total. The minimum Gasteiger partial charge on any atom is -0.494 e. The molecule has 0 aliphatic carbocycles. The van der Waals surface area contributed by atoms with Gasteiger partial charge in [0.1, 0.15) is 12.3 Å². The molecule has 3 aromatic carbocycles. The van der Waals surface area contributed by atoms with Crippen LogP contribution in [0.2, 0.25) is 0 Å². The van der Waals surface area contributed by atoms with Gasteiger partial charge < -0.3 is 15.0 Å². The summed E-state index contributed by atoms with van der Waals surface area (Å²) in [6.07, 6.45) is 2.43. The first-order chi connectivity index (χ1) is 17.0. The molecule has 3 aromatic rings. The minimum atomic E-state index is -3.95. The third kappa shape index (κ3) is 6.14. The van der Waals surface area contributed by atoms with Gasteiger partial charge >= 0.3 is 0 Å². The SMILES string of the molecule is CCOc1ccc(N(CC(=O)NCc2ccc(N3CCCC3)cc2)S(=O)(=O)c2ccccc2)cc1. The molecule has 1 amide bonds. The first-order valence-corrected chi connectivity index (χ1v) is 13.3. The molecule has 0 bridgehead atoms. The number of hydrogen-bond donors (Lipinski definition) is 1. The van der Waals surface area contributed by atoms with Crippen molar-refractivity contribution in [3.8, 4) is 5.75 Å². The summed E-state index contributed by atoms with van der Waals surface area (Å²) in [5.41, 5.74) is 2.54. The van der Waals surface area contributed by atoms with Gasteiger partial charge in [0.2, 0.25) is 5.91 Å². The molecule has 1 aliphatic heterocycles. The van der Waals surface area contributed by atoms with Gasteiger partial charge in [-0.25, -0.2) is 8.42 Å². The number of ether oxygens (including phenoxy) is 1. The van der Waals surface area contributed by atoms with Gasteiger partial charge in [-0.1, -0.05) is 30.3 Å². The highest BCUT2D eigenvalue weighted by atomic mass is 32.2. The zero-order valence-electron chi connectivity index (χ0n) is 19.9. The zero-order valence-corrected chi connectivity index (χ0v) is 20.7. The predicted molar refractivity (Wildman–Crippen MR) is 138 cm³/mol. The van der Waals surface area contributed by atoms with E-state index in [0.29, 0.717) is 24.6 Å². The van der Waals surface area contributed by atoms with Crippen molar-refractivity contribution >= 4 is 27.3 Å². The molecule has 0 spiro atoms. The van der Waals surface area contributed by atoms with Gasteiger partial charge in [-0.2, -0.15) is 0 Å². The molecular formula is C27H31N3O4S. The number of benzene rings is 3. The molecule has 1 heterocycles. The summed E-state index contributed by atoms with van der Waals surface area (Å²) in [6, 6.07) is 23.0. The van der Waals surface area contributed by atoms with Crippen molar-refractivity contribution in [3.05, 3.63) is 84.4 Å². The number of hydrogen-bond acceptors (Lipinski definition) is 5. The van der Waals surface area contributed by atoms with E-state index in [1.54, 1.807) is 42.5 Å². The molecule has 0 aromatic heterocycles. The van der Waals surface area contributed by atoms with Crippen molar-refractivity contribution in [2.75, 3.05) is 35.4 Å². The zero-order chi connectivity index (χ0) is 24.7. The number of nitrogens with one attached hydrogen (secondary N) is 1. The molecule has 35 heavy (non-hydrogen) atoms. The minimum absolute atomic E-state index is 0.124. The van der Waals surface area contributed by atoms with Crippen molar-refractivity contribution in [2.45, 2.75) is 31.2 Å². The van der Waals surface area contributed by atoms with E-state index in [1.165, 1.54) is 30.7 Å². The maximum Gasteiger partial charge on any atom is 0.264 e. The van der Waals surface area contributed by atoms with E-state index in [9.17, 15) is 13.2 Å². The summed E-state index contributed by atoms with van der Waals surface area (Å²) in [5, 5.41) is 2.86. The summed E-state index contributed by atoms with van der Waals surface area (Å²) < 4.78 is 33.5. The Morgan fingerprint density at radius 2 is 1.60 bits per heavy atom. The topological polar surface area (TPSA) is 79.0 Å². The lowest BCUT2D eigenvalue weighted by Gasteiger charge is -2.24. The Bertz CT molecular complexity index is 1210. The standard InChI is InChI=1S/C27H31N3O4S/c1-2-34-25-16-14-24(15-17-25)30(35(32,33)26-8-4-3-5-9-26)21-27(31)28-20-22-10-12-23(13-11-22)29-18-6-7-19-29/h3-5,8-17H,2,6-7,18-21H2,1H3,(H,28,31). The first-order valence-electron chi connectivity index (χ1n) is 11.9. The second-order valence-corrected chi connectivity index (χ2v) is 10.3. The second kappa shape index (κ2) is 11.3. The smallest absolute Gasteiger partial charge is 0.264 e. The Hall–Kier alpha value is -3.52. The lowest BCUT2D eigenvalue weighted by atomic mass is 10.2. The highest BCUT2D eigenvalue weighted by Gasteiger charge is 2.27. The molecule has 1 N–H and O–H groups in total. The molecule has 184 valence electrons. The van der Waals surface area contributed by atoms with Crippen LogP contribution in [0.5, 0.6) is 5.75 Å². The average molecular weight is 494 g/mol. The number of anilines is 2. The van der Waals surface area contributed by atoms with Crippen LogP contribution < -0.4 is 19.3 Å². The van der Waals surface area contributed by atoms with Gasteiger partial charge in [0.05, 0.1) is 17.2 Å². The number of carbonyl (C=O) groups is 1. The summed E-state index contributed by atoms with van der Waals surface area (Å²) in [6.45, 7) is 4.52. The largest absolute Gasteiger partial charge is 0.494 e. The van der Waals surface area contributed by atoms with Crippen LogP contribution in [0.4, 0.5) is 11.4 Å². The van der Waals surface area contributed by atoms with Gasteiger partial charge in [-0.3, -0.25) is 9.10 Å². The number of rotatable bonds is 10. The molecule has 1 saturated heterocycles. The van der Waals surface area contributed by atoms with E-state index in [4.69, 9.17) is 4.74 Å². The molecule has 0 radical (unpaired) electrons. The van der Waals surface area contributed by atoms with E-state index in [2.05, 4.69) is 22.3 Å². The van der Waals surface area contributed by atoms with E-state index in [-0.39, 0.29) is 17.3 Å². The van der Waals surface area contributed by atoms with Gasteiger partial charge in [0.25, 0.3) is 10.0 Å². The predicted octanol–water partition coefficient (Wildman–Crippen LogP) is 4.20. The first kappa shape index (κ1) is 24.6. The highest BCUT2D eigenvalue weighted by Crippen LogP contribution is 2.26. The Balaban J connectivity index is 1.47. The number of nitrogens with zero attached hydrogens (tertiary/aromatic N) is 2. The summed E-state index contributed by atoms with van der Waals surface area (Å²) in [7, 11) is -3.95. The van der Waals surface area contributed by atoms with Crippen molar-refractivity contribution in [3.63, 3.8) is 0 Å². The number of sulfonamides is 1. The molecule has 0 atom stereocenters. The quantitative estimate of drug-likeness (QED) is 0.458. The molecule has 1 aliphatic rings. The number of carbonyl (C=O) groups excluding carboxylic acids is 1. The van der Waals surface area contributed by atoms with Crippen LogP contribution in [-0.2, 0) is 21.4 Å². The lowest BCUT2D eigenvalue weighted by molar-refractivity contribution is -0.119. The Labute approximate surface area is 207 Å². The molecule has 0 unspecified atom stereocenters. The van der Waals surface area contributed by atoms with Crippen LogP contribution >= 0.6 is 0 Å². The molecule has 4 rings (SSSR count). The van der Waals surface area contributed by atoms with Crippen molar-refractivity contribution in [2.24, 2.45) is 0 Å². The van der Waals surface area contributed by atoms with Crippen molar-refractivity contribution < 1.29 is 17.9 Å². The van der Waals surface area contributed by atoms with Crippen molar-refractivity contribution in [1.82, 2.24) is 5.32 Å². The van der Waals surface area contributed by atoms with E-state index in [0.717, 1.165) is 23.0 Å². The van der Waals surface area contributed by atoms with Crippen LogP contribution in [0.1, 0.15) is 25.3 Å². The Morgan fingerprint density at radius 3 is 2.23 bits per heavy atom. The third-order valence-corrected chi connectivity index (χ3v) is 7.74. The average Bonchev–Trinajstić information content (AvgIpc) is 3.43. The fourth-order valence-corrected chi connectivity index (χ4v) is 5.54. The molecule has 8 heteroatoms. The summed E-state index contributed by atoms with van der Waals surface area (Å²) in [4.78, 5) is 15.4. The number of amides is 1. The maximum absolute atomic E-state index is 13.4. The third-order valence-electron chi connectivity index (χ3n) is 5.95. The van der Waals surface area contributed by atoms with Crippen molar-refractivity contribution in [1.29, 1.82) is 0 Å².